The van der Waals surface area contributed by atoms with Crippen molar-refractivity contribution in [3.05, 3.63) is 68.7 Å². The summed E-state index contributed by atoms with van der Waals surface area (Å²) in [5, 5.41) is 13.5. The Hall–Kier alpha value is -2.25. The van der Waals surface area contributed by atoms with Crippen LogP contribution in [0, 0.1) is 10.1 Å². The normalized spacial score (nSPS) is 11.7. The first kappa shape index (κ1) is 15.1. The van der Waals surface area contributed by atoms with E-state index in [4.69, 9.17) is 5.73 Å². The van der Waals surface area contributed by atoms with E-state index in [1.807, 2.05) is 6.07 Å². The number of benzene rings is 2. The zero-order valence-electron chi connectivity index (χ0n) is 10.8. The molecule has 0 fully saturated rings. The van der Waals surface area contributed by atoms with Crippen molar-refractivity contribution in [2.24, 2.45) is 5.73 Å². The standard InChI is InChI=1S/C14H12BrN3O3/c15-10-6-7-11(12(8-10)18(20)21)17-14(19)13(16)9-4-2-1-3-5-9/h1-8,13H,16H2,(H,17,19)/t13-/m1/s1. The number of nitrogens with two attached hydrogens (primary N) is 1. The molecule has 1 amide bonds. The van der Waals surface area contributed by atoms with Gasteiger partial charge in [-0.2, -0.15) is 0 Å². The molecule has 6 nitrogen and oxygen atoms in total. The highest BCUT2D eigenvalue weighted by Gasteiger charge is 2.20. The molecule has 0 aliphatic heterocycles. The van der Waals surface area contributed by atoms with Crippen molar-refractivity contribution >= 4 is 33.2 Å². The molecule has 0 aliphatic rings. The molecule has 2 aromatic carbocycles. The van der Waals surface area contributed by atoms with Crippen LogP contribution in [0.2, 0.25) is 0 Å². The number of hydrogen-bond acceptors (Lipinski definition) is 4. The average molecular weight is 350 g/mol. The fourth-order valence-corrected chi connectivity index (χ4v) is 2.13. The number of nitro groups is 1. The highest BCUT2D eigenvalue weighted by atomic mass is 79.9. The Balaban J connectivity index is 2.22. The molecular formula is C14H12BrN3O3. The minimum absolute atomic E-state index is 0.111. The number of nitrogens with zero attached hydrogens (tertiary/aromatic N) is 1. The van der Waals surface area contributed by atoms with Crippen LogP contribution in [0.5, 0.6) is 0 Å². The number of carbonyl (C=O) groups excluding carboxylic acids is 1. The lowest BCUT2D eigenvalue weighted by Crippen LogP contribution is -2.27. The number of halogens is 1. The molecule has 0 saturated heterocycles. The second-order valence-corrected chi connectivity index (χ2v) is 5.21. The van der Waals surface area contributed by atoms with Crippen molar-refractivity contribution in [3.8, 4) is 0 Å². The number of anilines is 1. The van der Waals surface area contributed by atoms with E-state index in [1.165, 1.54) is 12.1 Å². The zero-order valence-corrected chi connectivity index (χ0v) is 12.4. The van der Waals surface area contributed by atoms with Gasteiger partial charge < -0.3 is 11.1 Å². The van der Waals surface area contributed by atoms with E-state index in [-0.39, 0.29) is 11.4 Å². The average Bonchev–Trinajstić information content (AvgIpc) is 2.49. The number of hydrogen-bond donors (Lipinski definition) is 2. The van der Waals surface area contributed by atoms with Crippen LogP contribution in [0.1, 0.15) is 11.6 Å². The van der Waals surface area contributed by atoms with Crippen LogP contribution in [-0.4, -0.2) is 10.8 Å². The number of nitro benzene ring substituents is 1. The minimum atomic E-state index is -0.894. The van der Waals surface area contributed by atoms with Crippen LogP contribution in [0.3, 0.4) is 0 Å². The van der Waals surface area contributed by atoms with Crippen molar-refractivity contribution in [2.75, 3.05) is 5.32 Å². The summed E-state index contributed by atoms with van der Waals surface area (Å²) in [6, 6.07) is 12.3. The summed E-state index contributed by atoms with van der Waals surface area (Å²) in [4.78, 5) is 22.5. The number of rotatable bonds is 4. The molecule has 0 spiro atoms. The molecule has 21 heavy (non-hydrogen) atoms. The first-order chi connectivity index (χ1) is 9.99. The molecule has 2 rings (SSSR count). The van der Waals surface area contributed by atoms with Crippen molar-refractivity contribution in [3.63, 3.8) is 0 Å². The topological polar surface area (TPSA) is 98.3 Å². The summed E-state index contributed by atoms with van der Waals surface area (Å²) in [5.41, 5.74) is 6.40. The fraction of sp³-hybridized carbons (Fsp3) is 0.0714. The van der Waals surface area contributed by atoms with Gasteiger partial charge in [0, 0.05) is 10.5 Å². The number of nitrogens with one attached hydrogen (secondary N) is 1. The molecule has 0 heterocycles. The number of amides is 1. The SMILES string of the molecule is N[C@@H](C(=O)Nc1ccc(Br)cc1[N+](=O)[O-])c1ccccc1. The molecule has 0 saturated carbocycles. The summed E-state index contributed by atoms with van der Waals surface area (Å²) >= 11 is 3.15. The predicted molar refractivity (Wildman–Crippen MR) is 82.8 cm³/mol. The second-order valence-electron chi connectivity index (χ2n) is 4.30. The van der Waals surface area contributed by atoms with Crippen LogP contribution < -0.4 is 11.1 Å². The van der Waals surface area contributed by atoms with Gasteiger partial charge in [-0.15, -0.1) is 0 Å². The molecule has 1 atom stereocenters. The highest BCUT2D eigenvalue weighted by molar-refractivity contribution is 9.10. The van der Waals surface area contributed by atoms with Crippen molar-refractivity contribution in [1.82, 2.24) is 0 Å². The molecule has 2 aromatic rings. The van der Waals surface area contributed by atoms with E-state index in [2.05, 4.69) is 21.2 Å². The second kappa shape index (κ2) is 6.47. The largest absolute Gasteiger partial charge is 0.319 e. The van der Waals surface area contributed by atoms with Gasteiger partial charge in [0.15, 0.2) is 0 Å². The summed E-state index contributed by atoms with van der Waals surface area (Å²) in [6.07, 6.45) is 0. The van der Waals surface area contributed by atoms with Gasteiger partial charge in [0.05, 0.1) is 4.92 Å². The first-order valence-electron chi connectivity index (χ1n) is 6.04. The first-order valence-corrected chi connectivity index (χ1v) is 6.83. The molecule has 108 valence electrons. The monoisotopic (exact) mass is 349 g/mol. The van der Waals surface area contributed by atoms with Gasteiger partial charge in [-0.25, -0.2) is 0 Å². The van der Waals surface area contributed by atoms with Crippen molar-refractivity contribution < 1.29 is 9.72 Å². The Morgan fingerprint density at radius 1 is 1.24 bits per heavy atom. The van der Waals surface area contributed by atoms with Gasteiger partial charge in [0.2, 0.25) is 5.91 Å². The molecule has 0 aromatic heterocycles. The van der Waals surface area contributed by atoms with E-state index < -0.39 is 16.9 Å². The summed E-state index contributed by atoms with van der Waals surface area (Å²) in [7, 11) is 0. The molecule has 7 heteroatoms. The Kier molecular flexibility index (Phi) is 4.66. The van der Waals surface area contributed by atoms with Crippen LogP contribution in [0.4, 0.5) is 11.4 Å². The summed E-state index contributed by atoms with van der Waals surface area (Å²) in [6.45, 7) is 0. The van der Waals surface area contributed by atoms with Gasteiger partial charge >= 0.3 is 0 Å². The molecule has 0 aliphatic carbocycles. The van der Waals surface area contributed by atoms with Gasteiger partial charge in [0.1, 0.15) is 11.7 Å². The third-order valence-corrected chi connectivity index (χ3v) is 3.35. The Labute approximate surface area is 129 Å². The van der Waals surface area contributed by atoms with Gasteiger partial charge in [-0.05, 0) is 17.7 Å². The molecule has 0 bridgehead atoms. The summed E-state index contributed by atoms with van der Waals surface area (Å²) < 4.78 is 0.555. The predicted octanol–water partition coefficient (Wildman–Crippen LogP) is 3.00. The third kappa shape index (κ3) is 3.65. The van der Waals surface area contributed by atoms with E-state index in [1.54, 1.807) is 30.3 Å². The maximum atomic E-state index is 12.1. The maximum absolute atomic E-state index is 12.1. The lowest BCUT2D eigenvalue weighted by atomic mass is 10.1. The van der Waals surface area contributed by atoms with E-state index in [0.717, 1.165) is 0 Å². The minimum Gasteiger partial charge on any atom is -0.319 e. The maximum Gasteiger partial charge on any atom is 0.293 e. The lowest BCUT2D eigenvalue weighted by Gasteiger charge is -2.12. The lowest BCUT2D eigenvalue weighted by molar-refractivity contribution is -0.384. The van der Waals surface area contributed by atoms with Crippen LogP contribution in [0.25, 0.3) is 0 Å². The quantitative estimate of drug-likeness (QED) is 0.654. The number of carbonyl (C=O) groups is 1. The Morgan fingerprint density at radius 3 is 2.52 bits per heavy atom. The Bertz CT molecular complexity index is 676. The smallest absolute Gasteiger partial charge is 0.293 e. The van der Waals surface area contributed by atoms with E-state index in [9.17, 15) is 14.9 Å². The molecular weight excluding hydrogens is 338 g/mol. The van der Waals surface area contributed by atoms with Gasteiger partial charge in [-0.1, -0.05) is 46.3 Å². The Morgan fingerprint density at radius 2 is 1.90 bits per heavy atom. The fourth-order valence-electron chi connectivity index (χ4n) is 1.78. The van der Waals surface area contributed by atoms with Crippen LogP contribution >= 0.6 is 15.9 Å². The highest BCUT2D eigenvalue weighted by Crippen LogP contribution is 2.28. The van der Waals surface area contributed by atoms with Gasteiger partial charge in [0.25, 0.3) is 5.69 Å². The van der Waals surface area contributed by atoms with Crippen LogP contribution in [-0.2, 0) is 4.79 Å². The zero-order chi connectivity index (χ0) is 15.4. The van der Waals surface area contributed by atoms with Crippen molar-refractivity contribution in [1.29, 1.82) is 0 Å². The van der Waals surface area contributed by atoms with E-state index in [0.29, 0.717) is 10.0 Å². The molecule has 0 radical (unpaired) electrons. The third-order valence-electron chi connectivity index (χ3n) is 2.86. The van der Waals surface area contributed by atoms with Crippen molar-refractivity contribution in [2.45, 2.75) is 6.04 Å². The molecule has 3 N–H and O–H groups in total. The summed E-state index contributed by atoms with van der Waals surface area (Å²) in [5.74, 6) is -0.508. The molecule has 0 unspecified atom stereocenters. The van der Waals surface area contributed by atoms with Gasteiger partial charge in [-0.3, -0.25) is 14.9 Å². The van der Waals surface area contributed by atoms with E-state index >= 15 is 0 Å². The van der Waals surface area contributed by atoms with Crippen LogP contribution in [0.15, 0.2) is 53.0 Å².